The molecule has 2 rings (SSSR count). The molecular formula is C10H12FN3O. The van der Waals surface area contributed by atoms with Crippen LogP contribution in [0, 0.1) is 5.95 Å². The Morgan fingerprint density at radius 2 is 2.40 bits per heavy atom. The zero-order valence-electron chi connectivity index (χ0n) is 8.16. The molecule has 1 aromatic rings. The number of aromatic nitrogens is 1. The van der Waals surface area contributed by atoms with Crippen molar-refractivity contribution in [1.82, 2.24) is 10.3 Å². The molecule has 1 amide bonds. The molecule has 0 aromatic carbocycles. The first kappa shape index (κ1) is 9.89. The summed E-state index contributed by atoms with van der Waals surface area (Å²) in [6.07, 6.45) is 1.26. The van der Waals surface area contributed by atoms with Crippen molar-refractivity contribution in [2.75, 3.05) is 11.9 Å². The molecule has 0 radical (unpaired) electrons. The topological polar surface area (TPSA) is 54.0 Å². The maximum atomic E-state index is 12.8. The molecule has 1 fully saturated rings. The van der Waals surface area contributed by atoms with Gasteiger partial charge in [0, 0.05) is 19.0 Å². The van der Waals surface area contributed by atoms with Crippen molar-refractivity contribution >= 4 is 11.7 Å². The minimum absolute atomic E-state index is 0.0697. The van der Waals surface area contributed by atoms with E-state index in [1.54, 1.807) is 12.1 Å². The molecule has 5 heteroatoms. The highest BCUT2D eigenvalue weighted by atomic mass is 19.1. The molecule has 1 aromatic heterocycles. The van der Waals surface area contributed by atoms with Crippen LogP contribution < -0.4 is 10.6 Å². The minimum Gasteiger partial charge on any atom is -0.365 e. The van der Waals surface area contributed by atoms with Gasteiger partial charge in [-0.3, -0.25) is 4.79 Å². The molecule has 1 unspecified atom stereocenters. The maximum absolute atomic E-state index is 12.8. The summed E-state index contributed by atoms with van der Waals surface area (Å²) in [6.45, 7) is 0.566. The molecule has 0 saturated carbocycles. The van der Waals surface area contributed by atoms with E-state index in [0.717, 1.165) is 6.42 Å². The minimum atomic E-state index is -0.500. The van der Waals surface area contributed by atoms with E-state index in [4.69, 9.17) is 0 Å². The summed E-state index contributed by atoms with van der Waals surface area (Å²) in [5.74, 6) is 0.0799. The van der Waals surface area contributed by atoms with Crippen molar-refractivity contribution in [1.29, 1.82) is 0 Å². The number of nitrogens with zero attached hydrogens (tertiary/aromatic N) is 1. The maximum Gasteiger partial charge on any atom is 0.220 e. The number of piperidine rings is 1. The second-order valence-corrected chi connectivity index (χ2v) is 3.53. The number of amides is 1. The third kappa shape index (κ3) is 2.65. The van der Waals surface area contributed by atoms with E-state index in [9.17, 15) is 9.18 Å². The highest BCUT2D eigenvalue weighted by Gasteiger charge is 2.17. The van der Waals surface area contributed by atoms with E-state index in [2.05, 4.69) is 15.6 Å². The number of carbonyl (C=O) groups is 1. The molecule has 0 spiro atoms. The van der Waals surface area contributed by atoms with Crippen molar-refractivity contribution in [3.05, 3.63) is 24.1 Å². The standard InChI is InChI=1S/C10H12FN3O/c11-8-2-1-3-9(14-8)13-7-4-5-10(15)12-6-7/h1-3,7H,4-6H2,(H,12,15)(H,13,14). The summed E-state index contributed by atoms with van der Waals surface area (Å²) >= 11 is 0. The fraction of sp³-hybridized carbons (Fsp3) is 0.400. The van der Waals surface area contributed by atoms with Crippen molar-refractivity contribution in [3.63, 3.8) is 0 Å². The van der Waals surface area contributed by atoms with Crippen molar-refractivity contribution in [2.24, 2.45) is 0 Å². The Balaban J connectivity index is 1.94. The van der Waals surface area contributed by atoms with E-state index in [1.165, 1.54) is 6.07 Å². The van der Waals surface area contributed by atoms with Crippen LogP contribution in [0.1, 0.15) is 12.8 Å². The van der Waals surface area contributed by atoms with E-state index in [1.807, 2.05) is 0 Å². The van der Waals surface area contributed by atoms with Gasteiger partial charge in [-0.2, -0.15) is 4.39 Å². The van der Waals surface area contributed by atoms with Crippen LogP contribution in [0.2, 0.25) is 0 Å². The summed E-state index contributed by atoms with van der Waals surface area (Å²) in [6, 6.07) is 4.75. The quantitative estimate of drug-likeness (QED) is 0.712. The van der Waals surface area contributed by atoms with Crippen LogP contribution in [0.25, 0.3) is 0 Å². The molecule has 0 aliphatic carbocycles. The Bertz CT molecular complexity index is 359. The SMILES string of the molecule is O=C1CCC(Nc2cccc(F)n2)CN1. The number of anilines is 1. The highest BCUT2D eigenvalue weighted by Crippen LogP contribution is 2.10. The smallest absolute Gasteiger partial charge is 0.220 e. The molecule has 80 valence electrons. The van der Waals surface area contributed by atoms with Gasteiger partial charge in [-0.1, -0.05) is 6.07 Å². The lowest BCUT2D eigenvalue weighted by atomic mass is 10.1. The fourth-order valence-electron chi connectivity index (χ4n) is 1.55. The van der Waals surface area contributed by atoms with Crippen molar-refractivity contribution < 1.29 is 9.18 Å². The van der Waals surface area contributed by atoms with Crippen molar-refractivity contribution in [2.45, 2.75) is 18.9 Å². The van der Waals surface area contributed by atoms with Gasteiger partial charge in [-0.05, 0) is 18.6 Å². The van der Waals surface area contributed by atoms with Gasteiger partial charge in [-0.15, -0.1) is 0 Å². The van der Waals surface area contributed by atoms with E-state index >= 15 is 0 Å². The predicted octanol–water partition coefficient (Wildman–Crippen LogP) is 0.911. The molecule has 4 nitrogen and oxygen atoms in total. The van der Waals surface area contributed by atoms with Crippen LogP contribution in [0.15, 0.2) is 18.2 Å². The van der Waals surface area contributed by atoms with Crippen LogP contribution in [0.3, 0.4) is 0 Å². The lowest BCUT2D eigenvalue weighted by Crippen LogP contribution is -2.42. The second-order valence-electron chi connectivity index (χ2n) is 3.53. The summed E-state index contributed by atoms with van der Waals surface area (Å²) < 4.78 is 12.8. The summed E-state index contributed by atoms with van der Waals surface area (Å²) in [7, 11) is 0. The van der Waals surface area contributed by atoms with Gasteiger partial charge in [0.1, 0.15) is 5.82 Å². The van der Waals surface area contributed by atoms with Crippen LogP contribution in [-0.4, -0.2) is 23.5 Å². The number of carbonyl (C=O) groups excluding carboxylic acids is 1. The molecule has 2 N–H and O–H groups in total. The number of pyridine rings is 1. The monoisotopic (exact) mass is 209 g/mol. The van der Waals surface area contributed by atoms with E-state index in [0.29, 0.717) is 18.8 Å². The van der Waals surface area contributed by atoms with Crippen molar-refractivity contribution in [3.8, 4) is 0 Å². The molecule has 1 aliphatic rings. The summed E-state index contributed by atoms with van der Waals surface area (Å²) in [4.78, 5) is 14.6. The first-order chi connectivity index (χ1) is 7.24. The number of nitrogens with one attached hydrogen (secondary N) is 2. The summed E-state index contributed by atoms with van der Waals surface area (Å²) in [5, 5.41) is 5.82. The van der Waals surface area contributed by atoms with E-state index < -0.39 is 5.95 Å². The molecule has 2 heterocycles. The van der Waals surface area contributed by atoms with Crippen LogP contribution >= 0.6 is 0 Å². The van der Waals surface area contributed by atoms with Gasteiger partial charge in [-0.25, -0.2) is 4.98 Å². The lowest BCUT2D eigenvalue weighted by molar-refractivity contribution is -0.122. The highest BCUT2D eigenvalue weighted by molar-refractivity contribution is 5.76. The van der Waals surface area contributed by atoms with Crippen LogP contribution in [-0.2, 0) is 4.79 Å². The third-order valence-electron chi connectivity index (χ3n) is 2.33. The molecular weight excluding hydrogens is 197 g/mol. The number of rotatable bonds is 2. The van der Waals surface area contributed by atoms with E-state index in [-0.39, 0.29) is 11.9 Å². The Kier molecular flexibility index (Phi) is 2.80. The Labute approximate surface area is 86.9 Å². The summed E-state index contributed by atoms with van der Waals surface area (Å²) in [5.41, 5.74) is 0. The van der Waals surface area contributed by atoms with Gasteiger partial charge >= 0.3 is 0 Å². The second kappa shape index (κ2) is 4.25. The zero-order valence-corrected chi connectivity index (χ0v) is 8.16. The average Bonchev–Trinajstić information content (AvgIpc) is 2.22. The molecule has 1 saturated heterocycles. The number of halogens is 1. The molecule has 15 heavy (non-hydrogen) atoms. The van der Waals surface area contributed by atoms with Gasteiger partial charge in [0.15, 0.2) is 0 Å². The molecule has 0 bridgehead atoms. The molecule has 1 atom stereocenters. The number of hydrogen-bond acceptors (Lipinski definition) is 3. The predicted molar refractivity (Wildman–Crippen MR) is 53.8 cm³/mol. The van der Waals surface area contributed by atoms with Crippen LogP contribution in [0.4, 0.5) is 10.2 Å². The zero-order chi connectivity index (χ0) is 10.7. The van der Waals surface area contributed by atoms with Crippen LogP contribution in [0.5, 0.6) is 0 Å². The first-order valence-corrected chi connectivity index (χ1v) is 4.90. The molecule has 1 aliphatic heterocycles. The van der Waals surface area contributed by atoms with Gasteiger partial charge < -0.3 is 10.6 Å². The largest absolute Gasteiger partial charge is 0.365 e. The number of hydrogen-bond donors (Lipinski definition) is 2. The van der Waals surface area contributed by atoms with Gasteiger partial charge in [0.25, 0.3) is 0 Å². The van der Waals surface area contributed by atoms with Gasteiger partial charge in [0.05, 0.1) is 0 Å². The normalized spacial score (nSPS) is 20.9. The fourth-order valence-corrected chi connectivity index (χ4v) is 1.55. The Hall–Kier alpha value is -1.65. The Morgan fingerprint density at radius 3 is 3.07 bits per heavy atom. The lowest BCUT2D eigenvalue weighted by Gasteiger charge is -2.23. The van der Waals surface area contributed by atoms with Gasteiger partial charge in [0.2, 0.25) is 11.9 Å². The Morgan fingerprint density at radius 1 is 1.53 bits per heavy atom. The average molecular weight is 209 g/mol. The first-order valence-electron chi connectivity index (χ1n) is 4.90. The third-order valence-corrected chi connectivity index (χ3v) is 2.33.